The molecule has 0 fully saturated rings. The van der Waals surface area contributed by atoms with Gasteiger partial charge in [0, 0.05) is 5.69 Å². The molecule has 5 heteroatoms. The Balaban J connectivity index is 2.39. The van der Waals surface area contributed by atoms with E-state index in [-0.39, 0.29) is 16.8 Å². The van der Waals surface area contributed by atoms with Crippen molar-refractivity contribution in [2.45, 2.75) is 19.8 Å². The number of carboxylic acids is 2. The average molecular weight is 299 g/mol. The summed E-state index contributed by atoms with van der Waals surface area (Å²) in [7, 11) is 0. The summed E-state index contributed by atoms with van der Waals surface area (Å²) in [6.07, 6.45) is 0. The fourth-order valence-electron chi connectivity index (χ4n) is 2.17. The number of anilines is 2. The zero-order valence-corrected chi connectivity index (χ0v) is 12.3. The lowest BCUT2D eigenvalue weighted by Gasteiger charge is -2.13. The first-order valence-electron chi connectivity index (χ1n) is 6.86. The fourth-order valence-corrected chi connectivity index (χ4v) is 2.17. The van der Waals surface area contributed by atoms with Gasteiger partial charge in [0.05, 0.1) is 16.8 Å². The van der Waals surface area contributed by atoms with Gasteiger partial charge in [-0.05, 0) is 35.7 Å². The highest BCUT2D eigenvalue weighted by atomic mass is 16.4. The Morgan fingerprint density at radius 3 is 2.09 bits per heavy atom. The molecule has 0 spiro atoms. The molecule has 0 unspecified atom stereocenters. The van der Waals surface area contributed by atoms with Gasteiger partial charge in [-0.2, -0.15) is 0 Å². The number of benzene rings is 2. The highest BCUT2D eigenvalue weighted by Crippen LogP contribution is 2.25. The second-order valence-electron chi connectivity index (χ2n) is 5.24. The smallest absolute Gasteiger partial charge is 0.338 e. The summed E-state index contributed by atoms with van der Waals surface area (Å²) >= 11 is 0. The van der Waals surface area contributed by atoms with Crippen LogP contribution in [-0.4, -0.2) is 22.2 Å². The molecule has 2 aromatic carbocycles. The van der Waals surface area contributed by atoms with E-state index in [4.69, 9.17) is 5.11 Å². The molecule has 0 radical (unpaired) electrons. The van der Waals surface area contributed by atoms with Gasteiger partial charge in [-0.15, -0.1) is 0 Å². The predicted octanol–water partition coefficient (Wildman–Crippen LogP) is 3.95. The molecule has 5 nitrogen and oxygen atoms in total. The molecule has 2 aromatic rings. The molecule has 2 rings (SSSR count). The minimum atomic E-state index is -1.28. The molecule has 0 aliphatic carbocycles. The van der Waals surface area contributed by atoms with Crippen LogP contribution in [-0.2, 0) is 0 Å². The monoisotopic (exact) mass is 299 g/mol. The van der Waals surface area contributed by atoms with E-state index in [0.717, 1.165) is 0 Å². The number of carboxylic acid groups (broad SMARTS) is 2. The van der Waals surface area contributed by atoms with E-state index in [2.05, 4.69) is 19.2 Å². The Kier molecular flexibility index (Phi) is 4.46. The zero-order valence-electron chi connectivity index (χ0n) is 12.3. The summed E-state index contributed by atoms with van der Waals surface area (Å²) < 4.78 is 0. The van der Waals surface area contributed by atoms with Crippen LogP contribution in [0.1, 0.15) is 46.0 Å². The van der Waals surface area contributed by atoms with Gasteiger partial charge in [-0.3, -0.25) is 0 Å². The molecule has 0 aromatic heterocycles. The van der Waals surface area contributed by atoms with Gasteiger partial charge >= 0.3 is 11.9 Å². The van der Waals surface area contributed by atoms with Gasteiger partial charge in [-0.25, -0.2) is 9.59 Å². The molecule has 0 atom stereocenters. The SMILES string of the molecule is CC(C)c1ccc(Nc2cccc(C(=O)O)c2C(=O)O)cc1. The molecule has 0 bridgehead atoms. The number of carbonyl (C=O) groups is 2. The number of hydrogen-bond acceptors (Lipinski definition) is 3. The summed E-state index contributed by atoms with van der Waals surface area (Å²) in [6, 6.07) is 11.9. The van der Waals surface area contributed by atoms with Crippen LogP contribution in [0.25, 0.3) is 0 Å². The van der Waals surface area contributed by atoms with E-state index in [1.165, 1.54) is 17.7 Å². The van der Waals surface area contributed by atoms with Crippen LogP contribution in [0, 0.1) is 0 Å². The Labute approximate surface area is 128 Å². The summed E-state index contributed by atoms with van der Waals surface area (Å²) in [4.78, 5) is 22.5. The van der Waals surface area contributed by atoms with Gasteiger partial charge in [0.1, 0.15) is 0 Å². The van der Waals surface area contributed by atoms with Crippen LogP contribution in [0.5, 0.6) is 0 Å². The van der Waals surface area contributed by atoms with Crippen LogP contribution in [0.4, 0.5) is 11.4 Å². The molecule has 3 N–H and O–H groups in total. The highest BCUT2D eigenvalue weighted by molar-refractivity contribution is 6.06. The Morgan fingerprint density at radius 1 is 0.955 bits per heavy atom. The third kappa shape index (κ3) is 3.25. The van der Waals surface area contributed by atoms with Crippen molar-refractivity contribution < 1.29 is 19.8 Å². The number of hydrogen-bond donors (Lipinski definition) is 3. The molecular formula is C17H17NO4. The van der Waals surface area contributed by atoms with Crippen LogP contribution in [0.2, 0.25) is 0 Å². The van der Waals surface area contributed by atoms with Gasteiger partial charge in [0.15, 0.2) is 0 Å². The second-order valence-corrected chi connectivity index (χ2v) is 5.24. The van der Waals surface area contributed by atoms with E-state index in [9.17, 15) is 14.7 Å². The number of nitrogens with one attached hydrogen (secondary N) is 1. The van der Waals surface area contributed by atoms with Crippen molar-refractivity contribution >= 4 is 23.3 Å². The predicted molar refractivity (Wildman–Crippen MR) is 84.2 cm³/mol. The lowest BCUT2D eigenvalue weighted by molar-refractivity contribution is 0.0652. The molecule has 0 heterocycles. The van der Waals surface area contributed by atoms with Crippen molar-refractivity contribution in [2.75, 3.05) is 5.32 Å². The summed E-state index contributed by atoms with van der Waals surface area (Å²) in [5, 5.41) is 21.4. The molecule has 0 aliphatic heterocycles. The average Bonchev–Trinajstić information content (AvgIpc) is 2.47. The van der Waals surface area contributed by atoms with E-state index in [1.54, 1.807) is 6.07 Å². The second kappa shape index (κ2) is 6.30. The lowest BCUT2D eigenvalue weighted by atomic mass is 10.0. The first-order chi connectivity index (χ1) is 10.4. The van der Waals surface area contributed by atoms with Crippen molar-refractivity contribution in [3.63, 3.8) is 0 Å². The first kappa shape index (κ1) is 15.6. The maximum absolute atomic E-state index is 11.4. The van der Waals surface area contributed by atoms with E-state index >= 15 is 0 Å². The van der Waals surface area contributed by atoms with Gasteiger partial charge < -0.3 is 15.5 Å². The quantitative estimate of drug-likeness (QED) is 0.778. The van der Waals surface area contributed by atoms with Crippen LogP contribution in [0.15, 0.2) is 42.5 Å². The minimum Gasteiger partial charge on any atom is -0.478 e. The first-order valence-corrected chi connectivity index (χ1v) is 6.86. The summed E-state index contributed by atoms with van der Waals surface area (Å²) in [5.74, 6) is -2.14. The minimum absolute atomic E-state index is 0.240. The maximum Gasteiger partial charge on any atom is 0.338 e. The van der Waals surface area contributed by atoms with E-state index < -0.39 is 11.9 Å². The van der Waals surface area contributed by atoms with E-state index in [1.807, 2.05) is 24.3 Å². The number of rotatable bonds is 5. The van der Waals surface area contributed by atoms with E-state index in [0.29, 0.717) is 11.6 Å². The summed E-state index contributed by atoms with van der Waals surface area (Å²) in [5.41, 5.74) is 1.64. The molecular weight excluding hydrogens is 282 g/mol. The zero-order chi connectivity index (χ0) is 16.3. The third-order valence-corrected chi connectivity index (χ3v) is 3.37. The van der Waals surface area contributed by atoms with Crippen LogP contribution >= 0.6 is 0 Å². The van der Waals surface area contributed by atoms with Gasteiger partial charge in [0.2, 0.25) is 0 Å². The normalized spacial score (nSPS) is 10.5. The van der Waals surface area contributed by atoms with Crippen LogP contribution < -0.4 is 5.32 Å². The maximum atomic E-state index is 11.4. The van der Waals surface area contributed by atoms with Gasteiger partial charge in [0.25, 0.3) is 0 Å². The standard InChI is InChI=1S/C17H17NO4/c1-10(2)11-6-8-12(9-7-11)18-14-5-3-4-13(16(19)20)15(14)17(21)22/h3-10,18H,1-2H3,(H,19,20)(H,21,22). The Bertz CT molecular complexity index is 705. The molecule has 0 amide bonds. The molecule has 22 heavy (non-hydrogen) atoms. The summed E-state index contributed by atoms with van der Waals surface area (Å²) in [6.45, 7) is 4.17. The molecule has 114 valence electrons. The van der Waals surface area contributed by atoms with Crippen molar-refractivity contribution in [3.8, 4) is 0 Å². The van der Waals surface area contributed by atoms with Crippen LogP contribution in [0.3, 0.4) is 0 Å². The fraction of sp³-hybridized carbons (Fsp3) is 0.176. The Morgan fingerprint density at radius 2 is 1.59 bits per heavy atom. The lowest BCUT2D eigenvalue weighted by Crippen LogP contribution is -2.11. The molecule has 0 saturated heterocycles. The Hall–Kier alpha value is -2.82. The highest BCUT2D eigenvalue weighted by Gasteiger charge is 2.20. The van der Waals surface area contributed by atoms with Crippen molar-refractivity contribution in [3.05, 3.63) is 59.2 Å². The largest absolute Gasteiger partial charge is 0.478 e. The molecule has 0 saturated carbocycles. The molecule has 0 aliphatic rings. The third-order valence-electron chi connectivity index (χ3n) is 3.37. The van der Waals surface area contributed by atoms with Crippen molar-refractivity contribution in [1.29, 1.82) is 0 Å². The van der Waals surface area contributed by atoms with Crippen molar-refractivity contribution in [2.24, 2.45) is 0 Å². The van der Waals surface area contributed by atoms with Crippen molar-refractivity contribution in [1.82, 2.24) is 0 Å². The van der Waals surface area contributed by atoms with Gasteiger partial charge in [-0.1, -0.05) is 32.0 Å². The topological polar surface area (TPSA) is 86.6 Å². The number of aromatic carboxylic acids is 2.